The number of nitrogens with one attached hydrogen (secondary N) is 2. The van der Waals surface area contributed by atoms with Crippen LogP contribution in [0.2, 0.25) is 5.02 Å². The number of furan rings is 1. The molecular formula is C26H18ClN3O5. The summed E-state index contributed by atoms with van der Waals surface area (Å²) in [6.45, 7) is 0. The Kier molecular flexibility index (Phi) is 7.34. The van der Waals surface area contributed by atoms with E-state index in [1.165, 1.54) is 30.7 Å². The van der Waals surface area contributed by atoms with Crippen LogP contribution < -0.4 is 15.5 Å². The first-order valence-electron chi connectivity index (χ1n) is 10.3. The summed E-state index contributed by atoms with van der Waals surface area (Å²) in [7, 11) is 0. The molecule has 0 bridgehead atoms. The predicted molar refractivity (Wildman–Crippen MR) is 131 cm³/mol. The van der Waals surface area contributed by atoms with Crippen molar-refractivity contribution in [1.82, 2.24) is 5.43 Å². The number of ether oxygens (including phenoxy) is 1. The minimum absolute atomic E-state index is 0.0412. The number of hydrogen-bond donors (Lipinski definition) is 2. The van der Waals surface area contributed by atoms with E-state index >= 15 is 0 Å². The summed E-state index contributed by atoms with van der Waals surface area (Å²) >= 11 is 6.04. The van der Waals surface area contributed by atoms with Crippen LogP contribution in [-0.2, 0) is 0 Å². The lowest BCUT2D eigenvalue weighted by atomic mass is 10.1. The van der Waals surface area contributed by atoms with Gasteiger partial charge in [0.2, 0.25) is 5.76 Å². The van der Waals surface area contributed by atoms with Crippen molar-refractivity contribution in [3.63, 3.8) is 0 Å². The number of carbonyl (C=O) groups excluding carboxylic acids is 3. The van der Waals surface area contributed by atoms with E-state index in [1.54, 1.807) is 60.7 Å². The maximum Gasteiger partial charge on any atom is 0.379 e. The van der Waals surface area contributed by atoms with Gasteiger partial charge in [-0.15, -0.1) is 0 Å². The van der Waals surface area contributed by atoms with Gasteiger partial charge in [-0.3, -0.25) is 9.59 Å². The van der Waals surface area contributed by atoms with E-state index < -0.39 is 11.9 Å². The van der Waals surface area contributed by atoms with E-state index in [0.29, 0.717) is 27.4 Å². The van der Waals surface area contributed by atoms with E-state index in [0.717, 1.165) is 0 Å². The molecule has 4 rings (SSSR count). The van der Waals surface area contributed by atoms with E-state index in [2.05, 4.69) is 15.8 Å². The third-order valence-corrected chi connectivity index (χ3v) is 4.94. The maximum absolute atomic E-state index is 12.4. The molecule has 2 N–H and O–H groups in total. The second-order valence-electron chi connectivity index (χ2n) is 7.15. The molecule has 1 heterocycles. The summed E-state index contributed by atoms with van der Waals surface area (Å²) in [6, 6.07) is 22.8. The quantitative estimate of drug-likeness (QED) is 0.162. The van der Waals surface area contributed by atoms with Crippen LogP contribution in [0.1, 0.15) is 36.8 Å². The highest BCUT2D eigenvalue weighted by Crippen LogP contribution is 2.22. The molecule has 174 valence electrons. The Labute approximate surface area is 205 Å². The number of benzene rings is 3. The van der Waals surface area contributed by atoms with Crippen LogP contribution in [0.3, 0.4) is 0 Å². The monoisotopic (exact) mass is 487 g/mol. The molecule has 0 unspecified atom stereocenters. The molecule has 0 radical (unpaired) electrons. The van der Waals surface area contributed by atoms with Crippen LogP contribution in [0.25, 0.3) is 0 Å². The molecule has 35 heavy (non-hydrogen) atoms. The van der Waals surface area contributed by atoms with Crippen molar-refractivity contribution in [3.05, 3.63) is 119 Å². The van der Waals surface area contributed by atoms with Crippen molar-refractivity contribution in [2.24, 2.45) is 5.10 Å². The first-order valence-corrected chi connectivity index (χ1v) is 10.7. The van der Waals surface area contributed by atoms with Gasteiger partial charge in [-0.25, -0.2) is 10.2 Å². The van der Waals surface area contributed by atoms with E-state index in [1.807, 2.05) is 6.07 Å². The van der Waals surface area contributed by atoms with Crippen molar-refractivity contribution in [2.75, 3.05) is 5.32 Å². The average molecular weight is 488 g/mol. The molecule has 0 saturated carbocycles. The van der Waals surface area contributed by atoms with E-state index in [4.69, 9.17) is 20.8 Å². The van der Waals surface area contributed by atoms with Gasteiger partial charge in [0.1, 0.15) is 5.75 Å². The molecule has 0 atom stereocenters. The van der Waals surface area contributed by atoms with Crippen molar-refractivity contribution in [2.45, 2.75) is 0 Å². The summed E-state index contributed by atoms with van der Waals surface area (Å²) in [4.78, 5) is 36.8. The molecule has 0 fully saturated rings. The summed E-state index contributed by atoms with van der Waals surface area (Å²) < 4.78 is 10.4. The standard InChI is InChI=1S/C26H18ClN3O5/c27-20-10-13-22(35-26(33)23-7-4-14-34-23)19(15-20)16-28-30-25(32)18-8-11-21(12-9-18)29-24(31)17-5-2-1-3-6-17/h1-16H,(H,29,31)(H,30,32)/b28-16+. The van der Waals surface area contributed by atoms with Crippen LogP contribution in [0.5, 0.6) is 5.75 Å². The zero-order chi connectivity index (χ0) is 24.6. The summed E-state index contributed by atoms with van der Waals surface area (Å²) in [5.41, 5.74) is 4.17. The smallest absolute Gasteiger partial charge is 0.379 e. The Morgan fingerprint density at radius 3 is 2.31 bits per heavy atom. The Hall–Kier alpha value is -4.69. The molecule has 0 aliphatic rings. The molecule has 0 aliphatic heterocycles. The SMILES string of the molecule is O=C(N/N=C/c1cc(Cl)ccc1OC(=O)c1ccco1)c1ccc(NC(=O)c2ccccc2)cc1. The first-order chi connectivity index (χ1) is 17.0. The fourth-order valence-electron chi connectivity index (χ4n) is 2.98. The topological polar surface area (TPSA) is 110 Å². The lowest BCUT2D eigenvalue weighted by Crippen LogP contribution is -2.18. The molecule has 9 heteroatoms. The molecule has 4 aromatic rings. The second kappa shape index (κ2) is 11.0. The van der Waals surface area contributed by atoms with Gasteiger partial charge in [-0.1, -0.05) is 29.8 Å². The van der Waals surface area contributed by atoms with Crippen LogP contribution >= 0.6 is 11.6 Å². The van der Waals surface area contributed by atoms with Gasteiger partial charge < -0.3 is 14.5 Å². The first kappa shape index (κ1) is 23.5. The van der Waals surface area contributed by atoms with E-state index in [9.17, 15) is 14.4 Å². The summed E-state index contributed by atoms with van der Waals surface area (Å²) in [5, 5.41) is 7.09. The number of rotatable bonds is 7. The van der Waals surface area contributed by atoms with Gasteiger partial charge in [0.25, 0.3) is 11.8 Å². The highest BCUT2D eigenvalue weighted by Gasteiger charge is 2.14. The number of hydrazone groups is 1. The number of hydrogen-bond acceptors (Lipinski definition) is 6. The Balaban J connectivity index is 1.38. The number of halogens is 1. The van der Waals surface area contributed by atoms with Gasteiger partial charge >= 0.3 is 5.97 Å². The number of amides is 2. The fraction of sp³-hybridized carbons (Fsp3) is 0. The maximum atomic E-state index is 12.4. The Bertz CT molecular complexity index is 1370. The van der Waals surface area contributed by atoms with Gasteiger partial charge in [0, 0.05) is 27.4 Å². The molecule has 2 amide bonds. The largest absolute Gasteiger partial charge is 0.457 e. The van der Waals surface area contributed by atoms with Crippen molar-refractivity contribution < 1.29 is 23.5 Å². The van der Waals surface area contributed by atoms with Crippen LogP contribution in [0.4, 0.5) is 5.69 Å². The number of nitrogens with zero attached hydrogens (tertiary/aromatic N) is 1. The average Bonchev–Trinajstić information content (AvgIpc) is 3.42. The second-order valence-corrected chi connectivity index (χ2v) is 7.58. The lowest BCUT2D eigenvalue weighted by Gasteiger charge is -2.07. The molecule has 3 aromatic carbocycles. The lowest BCUT2D eigenvalue weighted by molar-refractivity contribution is 0.0700. The van der Waals surface area contributed by atoms with Crippen LogP contribution in [0, 0.1) is 0 Å². The summed E-state index contributed by atoms with van der Waals surface area (Å²) in [6.07, 6.45) is 2.67. The minimum atomic E-state index is -0.685. The predicted octanol–water partition coefficient (Wildman–Crippen LogP) is 5.17. The summed E-state index contributed by atoms with van der Waals surface area (Å²) in [5.74, 6) is -1.18. The van der Waals surface area contributed by atoms with Crippen molar-refractivity contribution >= 4 is 41.3 Å². The minimum Gasteiger partial charge on any atom is -0.457 e. The Morgan fingerprint density at radius 2 is 1.60 bits per heavy atom. The molecule has 0 spiro atoms. The van der Waals surface area contributed by atoms with Gasteiger partial charge in [0.15, 0.2) is 0 Å². The highest BCUT2D eigenvalue weighted by molar-refractivity contribution is 6.31. The third-order valence-electron chi connectivity index (χ3n) is 4.71. The van der Waals surface area contributed by atoms with Gasteiger partial charge in [-0.2, -0.15) is 5.10 Å². The zero-order valence-corrected chi connectivity index (χ0v) is 18.9. The molecular weight excluding hydrogens is 470 g/mol. The molecule has 0 aliphatic carbocycles. The van der Waals surface area contributed by atoms with Crippen LogP contribution in [-0.4, -0.2) is 24.0 Å². The third kappa shape index (κ3) is 6.21. The number of carbonyl (C=O) groups is 3. The highest BCUT2D eigenvalue weighted by atomic mass is 35.5. The molecule has 1 aromatic heterocycles. The van der Waals surface area contributed by atoms with Crippen molar-refractivity contribution in [1.29, 1.82) is 0 Å². The fourth-order valence-corrected chi connectivity index (χ4v) is 3.16. The van der Waals surface area contributed by atoms with Gasteiger partial charge in [0.05, 0.1) is 12.5 Å². The normalized spacial score (nSPS) is 10.7. The number of anilines is 1. The van der Waals surface area contributed by atoms with E-state index in [-0.39, 0.29) is 17.4 Å². The van der Waals surface area contributed by atoms with Crippen LogP contribution in [0.15, 0.2) is 101 Å². The molecule has 0 saturated heterocycles. The zero-order valence-electron chi connectivity index (χ0n) is 18.1. The molecule has 8 nitrogen and oxygen atoms in total. The van der Waals surface area contributed by atoms with Gasteiger partial charge in [-0.05, 0) is 66.7 Å². The Morgan fingerprint density at radius 1 is 0.857 bits per heavy atom. The van der Waals surface area contributed by atoms with Crippen molar-refractivity contribution in [3.8, 4) is 5.75 Å². The number of esters is 1.